The van der Waals surface area contributed by atoms with Crippen molar-refractivity contribution in [2.45, 2.75) is 38.6 Å². The Labute approximate surface area is 128 Å². The van der Waals surface area contributed by atoms with Crippen molar-refractivity contribution in [3.05, 3.63) is 16.1 Å². The highest BCUT2D eigenvalue weighted by Crippen LogP contribution is 2.25. The first-order chi connectivity index (χ1) is 9.70. The van der Waals surface area contributed by atoms with Gasteiger partial charge < -0.3 is 10.4 Å². The summed E-state index contributed by atoms with van der Waals surface area (Å²) in [6.07, 6.45) is 3.39. The smallest absolute Gasteiger partial charge is 0.220 e. The summed E-state index contributed by atoms with van der Waals surface area (Å²) in [5.74, 6) is 2.74. The summed E-state index contributed by atoms with van der Waals surface area (Å²) in [5, 5.41) is 12.5. The number of carbonyl (C=O) groups excluding carboxylic acids is 1. The molecule has 0 bridgehead atoms. The molecule has 0 aromatic carbocycles. The fourth-order valence-corrected chi connectivity index (χ4v) is 4.43. The summed E-state index contributed by atoms with van der Waals surface area (Å²) in [5.41, 5.74) is 2.84. The Bertz CT molecular complexity index is 431. The highest BCUT2D eigenvalue weighted by atomic mass is 32.2. The maximum atomic E-state index is 12.0. The van der Waals surface area contributed by atoms with E-state index in [1.54, 1.807) is 11.3 Å². The van der Waals surface area contributed by atoms with E-state index in [0.29, 0.717) is 12.3 Å². The minimum atomic E-state index is -0.0778. The summed E-state index contributed by atoms with van der Waals surface area (Å²) >= 11 is 3.56. The first kappa shape index (κ1) is 15.8. The molecule has 2 N–H and O–H groups in total. The van der Waals surface area contributed by atoms with Gasteiger partial charge in [0, 0.05) is 11.3 Å². The third kappa shape index (κ3) is 4.46. The summed E-state index contributed by atoms with van der Waals surface area (Å²) < 4.78 is 0. The van der Waals surface area contributed by atoms with Crippen LogP contribution in [0.3, 0.4) is 0 Å². The van der Waals surface area contributed by atoms with Gasteiger partial charge in [0.2, 0.25) is 5.91 Å². The number of aliphatic hydroxyl groups excluding tert-OH is 1. The van der Waals surface area contributed by atoms with Gasteiger partial charge in [0.15, 0.2) is 0 Å². The van der Waals surface area contributed by atoms with E-state index in [1.165, 1.54) is 4.88 Å². The van der Waals surface area contributed by atoms with Gasteiger partial charge in [0.05, 0.1) is 23.9 Å². The van der Waals surface area contributed by atoms with E-state index in [2.05, 4.69) is 10.3 Å². The number of rotatable bonds is 6. The van der Waals surface area contributed by atoms with Crippen LogP contribution in [0.2, 0.25) is 0 Å². The Hall–Kier alpha value is -0.590. The lowest BCUT2D eigenvalue weighted by Gasteiger charge is -2.29. The van der Waals surface area contributed by atoms with E-state index < -0.39 is 0 Å². The second-order valence-electron chi connectivity index (χ2n) is 5.17. The normalized spacial score (nSPS) is 17.9. The molecule has 1 aromatic heterocycles. The molecule has 1 saturated heterocycles. The van der Waals surface area contributed by atoms with Gasteiger partial charge in [-0.3, -0.25) is 4.79 Å². The molecule has 0 aliphatic carbocycles. The molecule has 2 rings (SSSR count). The van der Waals surface area contributed by atoms with Gasteiger partial charge in [-0.05, 0) is 43.6 Å². The largest absolute Gasteiger partial charge is 0.394 e. The van der Waals surface area contributed by atoms with E-state index in [0.717, 1.165) is 36.5 Å². The molecule has 1 aliphatic heterocycles. The molecule has 2 heterocycles. The van der Waals surface area contributed by atoms with Crippen molar-refractivity contribution in [1.82, 2.24) is 10.3 Å². The molecule has 1 amide bonds. The number of aliphatic hydroxyl groups is 1. The van der Waals surface area contributed by atoms with Gasteiger partial charge in [-0.2, -0.15) is 11.8 Å². The fourth-order valence-electron chi connectivity index (χ4n) is 2.50. The van der Waals surface area contributed by atoms with Crippen molar-refractivity contribution in [3.63, 3.8) is 0 Å². The number of nitrogens with zero attached hydrogens (tertiary/aromatic N) is 1. The number of hydrogen-bond acceptors (Lipinski definition) is 5. The van der Waals surface area contributed by atoms with Crippen LogP contribution in [0, 0.1) is 12.8 Å². The number of hydrogen-bond donors (Lipinski definition) is 2. The van der Waals surface area contributed by atoms with Crippen LogP contribution < -0.4 is 5.32 Å². The lowest BCUT2D eigenvalue weighted by atomic mass is 9.94. The Morgan fingerprint density at radius 2 is 2.30 bits per heavy atom. The first-order valence-electron chi connectivity index (χ1n) is 7.07. The molecule has 6 heteroatoms. The third-order valence-electron chi connectivity index (χ3n) is 3.80. The van der Waals surface area contributed by atoms with Crippen molar-refractivity contribution >= 4 is 29.0 Å². The van der Waals surface area contributed by atoms with E-state index in [4.69, 9.17) is 0 Å². The monoisotopic (exact) mass is 314 g/mol. The topological polar surface area (TPSA) is 62.2 Å². The molecule has 1 fully saturated rings. The molecule has 0 saturated carbocycles. The number of amides is 1. The number of thiazole rings is 1. The quantitative estimate of drug-likeness (QED) is 0.843. The molecule has 4 nitrogen and oxygen atoms in total. The Balaban J connectivity index is 1.78. The minimum Gasteiger partial charge on any atom is -0.394 e. The van der Waals surface area contributed by atoms with Crippen molar-refractivity contribution in [2.24, 2.45) is 5.92 Å². The zero-order chi connectivity index (χ0) is 14.4. The van der Waals surface area contributed by atoms with E-state index in [1.807, 2.05) is 24.2 Å². The van der Waals surface area contributed by atoms with E-state index in [-0.39, 0.29) is 18.6 Å². The predicted molar refractivity (Wildman–Crippen MR) is 84.2 cm³/mol. The van der Waals surface area contributed by atoms with Crippen molar-refractivity contribution in [1.29, 1.82) is 0 Å². The average Bonchev–Trinajstić information content (AvgIpc) is 2.89. The number of thioether (sulfide) groups is 1. The zero-order valence-electron chi connectivity index (χ0n) is 11.8. The second-order valence-corrected chi connectivity index (χ2v) is 7.33. The Morgan fingerprint density at radius 3 is 2.90 bits per heavy atom. The third-order valence-corrected chi connectivity index (χ3v) is 5.85. The molecule has 1 aromatic rings. The van der Waals surface area contributed by atoms with Crippen molar-refractivity contribution in [2.75, 3.05) is 18.1 Å². The van der Waals surface area contributed by atoms with Crippen molar-refractivity contribution in [3.8, 4) is 0 Å². The lowest BCUT2D eigenvalue weighted by molar-refractivity contribution is -0.122. The first-order valence-corrected chi connectivity index (χ1v) is 9.11. The van der Waals surface area contributed by atoms with Crippen LogP contribution in [-0.4, -0.2) is 40.2 Å². The molecule has 20 heavy (non-hydrogen) atoms. The standard InChI is InChI=1S/C14H22N2O2S2/c1-10-13(20-9-15-10)2-3-14(18)16-12(8-17)11-4-6-19-7-5-11/h9,11-12,17H,2-8H2,1H3,(H,16,18). The van der Waals surface area contributed by atoms with Crippen LogP contribution >= 0.6 is 23.1 Å². The molecule has 1 unspecified atom stereocenters. The Kier molecular flexibility index (Phi) is 6.32. The van der Waals surface area contributed by atoms with Crippen molar-refractivity contribution < 1.29 is 9.90 Å². The Morgan fingerprint density at radius 1 is 1.55 bits per heavy atom. The molecule has 0 radical (unpaired) electrons. The molecular formula is C14H22N2O2S2. The second kappa shape index (κ2) is 8.00. The maximum Gasteiger partial charge on any atom is 0.220 e. The zero-order valence-corrected chi connectivity index (χ0v) is 13.4. The van der Waals surface area contributed by atoms with Gasteiger partial charge in [0.25, 0.3) is 0 Å². The summed E-state index contributed by atoms with van der Waals surface area (Å²) in [6.45, 7) is 2.01. The van der Waals surface area contributed by atoms with Crippen LogP contribution in [0.1, 0.15) is 29.8 Å². The lowest BCUT2D eigenvalue weighted by Crippen LogP contribution is -2.44. The highest BCUT2D eigenvalue weighted by molar-refractivity contribution is 7.99. The fraction of sp³-hybridized carbons (Fsp3) is 0.714. The molecule has 112 valence electrons. The van der Waals surface area contributed by atoms with Crippen LogP contribution in [0.5, 0.6) is 0 Å². The number of carbonyl (C=O) groups is 1. The number of aryl methyl sites for hydroxylation is 2. The van der Waals surface area contributed by atoms with Crippen LogP contribution in [0.15, 0.2) is 5.51 Å². The SMILES string of the molecule is Cc1ncsc1CCC(=O)NC(CO)C1CCSCC1. The van der Waals surface area contributed by atoms with Gasteiger partial charge in [-0.15, -0.1) is 11.3 Å². The maximum absolute atomic E-state index is 12.0. The number of nitrogens with one attached hydrogen (secondary N) is 1. The van der Waals surface area contributed by atoms with Crippen LogP contribution in [0.4, 0.5) is 0 Å². The van der Waals surface area contributed by atoms with E-state index in [9.17, 15) is 9.90 Å². The van der Waals surface area contributed by atoms with Gasteiger partial charge >= 0.3 is 0 Å². The van der Waals surface area contributed by atoms with Gasteiger partial charge in [0.1, 0.15) is 0 Å². The molecule has 1 aliphatic rings. The summed E-state index contributed by atoms with van der Waals surface area (Å²) in [4.78, 5) is 17.4. The number of aromatic nitrogens is 1. The predicted octanol–water partition coefficient (Wildman–Crippen LogP) is 2.00. The van der Waals surface area contributed by atoms with Gasteiger partial charge in [-0.25, -0.2) is 4.98 Å². The van der Waals surface area contributed by atoms with Crippen LogP contribution in [0.25, 0.3) is 0 Å². The average molecular weight is 314 g/mol. The van der Waals surface area contributed by atoms with Crippen LogP contribution in [-0.2, 0) is 11.2 Å². The summed E-state index contributed by atoms with van der Waals surface area (Å²) in [7, 11) is 0. The summed E-state index contributed by atoms with van der Waals surface area (Å²) in [6, 6.07) is -0.0778. The molecule has 1 atom stereocenters. The molecule has 0 spiro atoms. The van der Waals surface area contributed by atoms with E-state index >= 15 is 0 Å². The highest BCUT2D eigenvalue weighted by Gasteiger charge is 2.24. The van der Waals surface area contributed by atoms with Gasteiger partial charge in [-0.1, -0.05) is 0 Å². The minimum absolute atomic E-state index is 0.0371. The molecular weight excluding hydrogens is 292 g/mol.